The third kappa shape index (κ3) is 2.54. The summed E-state index contributed by atoms with van der Waals surface area (Å²) in [5.74, 6) is 0.385. The summed E-state index contributed by atoms with van der Waals surface area (Å²) in [4.78, 5) is 14.5. The van der Waals surface area contributed by atoms with Gasteiger partial charge in [0.05, 0.1) is 5.02 Å². The minimum Gasteiger partial charge on any atom is -0.449 e. The number of carbonyl (C=O) groups is 1. The van der Waals surface area contributed by atoms with Gasteiger partial charge in [-0.05, 0) is 32.9 Å². The van der Waals surface area contributed by atoms with Gasteiger partial charge < -0.3 is 14.6 Å². The molecule has 1 aromatic carbocycles. The second-order valence-corrected chi connectivity index (χ2v) is 5.94. The van der Waals surface area contributed by atoms with E-state index < -0.39 is 0 Å². The first-order chi connectivity index (χ1) is 10.1. The van der Waals surface area contributed by atoms with Gasteiger partial charge in [0.1, 0.15) is 0 Å². The average molecular weight is 307 g/mol. The zero-order valence-electron chi connectivity index (χ0n) is 12.3. The Balaban J connectivity index is 1.89. The summed E-state index contributed by atoms with van der Waals surface area (Å²) in [5.41, 5.74) is 1.47. The lowest BCUT2D eigenvalue weighted by molar-refractivity contribution is 0.0676. The minimum absolute atomic E-state index is 0.0330. The second-order valence-electron chi connectivity index (χ2n) is 5.53. The Hall–Kier alpha value is -1.52. The van der Waals surface area contributed by atoms with E-state index in [2.05, 4.69) is 5.32 Å². The van der Waals surface area contributed by atoms with Gasteiger partial charge in [-0.1, -0.05) is 23.7 Å². The van der Waals surface area contributed by atoms with Gasteiger partial charge in [-0.15, -0.1) is 0 Å². The van der Waals surface area contributed by atoms with E-state index >= 15 is 0 Å². The Morgan fingerprint density at radius 3 is 2.71 bits per heavy atom. The highest BCUT2D eigenvalue weighted by molar-refractivity contribution is 6.35. The molecule has 0 radical (unpaired) electrons. The molecule has 0 aliphatic carbocycles. The summed E-state index contributed by atoms with van der Waals surface area (Å²) < 4.78 is 5.76. The van der Waals surface area contributed by atoms with Gasteiger partial charge in [-0.3, -0.25) is 4.79 Å². The normalized spacial score (nSPS) is 16.6. The molecule has 0 saturated carbocycles. The summed E-state index contributed by atoms with van der Waals surface area (Å²) >= 11 is 6.14. The number of rotatable bonds is 2. The van der Waals surface area contributed by atoms with Crippen LogP contribution < -0.4 is 5.32 Å². The smallest absolute Gasteiger partial charge is 0.289 e. The number of benzene rings is 1. The first-order valence-corrected chi connectivity index (χ1v) is 7.63. The van der Waals surface area contributed by atoms with Crippen LogP contribution in [0.25, 0.3) is 11.0 Å². The van der Waals surface area contributed by atoms with Crippen molar-refractivity contribution in [1.29, 1.82) is 0 Å². The van der Waals surface area contributed by atoms with Crippen LogP contribution in [-0.4, -0.2) is 37.0 Å². The summed E-state index contributed by atoms with van der Waals surface area (Å²) in [5, 5.41) is 4.72. The van der Waals surface area contributed by atoms with Crippen molar-refractivity contribution in [3.8, 4) is 0 Å². The summed E-state index contributed by atoms with van der Waals surface area (Å²) in [6.45, 7) is 3.43. The van der Waals surface area contributed by atoms with Crippen LogP contribution in [0.5, 0.6) is 0 Å². The first kappa shape index (κ1) is 14.4. The van der Waals surface area contributed by atoms with E-state index in [4.69, 9.17) is 16.0 Å². The Kier molecular flexibility index (Phi) is 3.91. The summed E-state index contributed by atoms with van der Waals surface area (Å²) in [6.07, 6.45) is 1.95. The molecule has 4 nitrogen and oxygen atoms in total. The lowest BCUT2D eigenvalue weighted by atomic mass is 10.0. The van der Waals surface area contributed by atoms with Crippen LogP contribution in [0, 0.1) is 6.92 Å². The van der Waals surface area contributed by atoms with E-state index in [0.717, 1.165) is 36.9 Å². The lowest BCUT2D eigenvalue weighted by Crippen LogP contribution is -2.44. The van der Waals surface area contributed by atoms with Crippen LogP contribution in [0.4, 0.5) is 0 Å². The van der Waals surface area contributed by atoms with Gasteiger partial charge >= 0.3 is 0 Å². The molecule has 2 heterocycles. The van der Waals surface area contributed by atoms with Crippen LogP contribution in [0.2, 0.25) is 5.02 Å². The topological polar surface area (TPSA) is 45.5 Å². The quantitative estimate of drug-likeness (QED) is 0.926. The first-order valence-electron chi connectivity index (χ1n) is 7.26. The number of hydrogen-bond acceptors (Lipinski definition) is 3. The third-order valence-corrected chi connectivity index (χ3v) is 4.60. The maximum Gasteiger partial charge on any atom is 0.289 e. The summed E-state index contributed by atoms with van der Waals surface area (Å²) in [6, 6.07) is 6.09. The van der Waals surface area contributed by atoms with E-state index in [1.165, 1.54) is 0 Å². The predicted molar refractivity (Wildman–Crippen MR) is 83.9 cm³/mol. The zero-order chi connectivity index (χ0) is 15.0. The van der Waals surface area contributed by atoms with Crippen molar-refractivity contribution in [3.05, 3.63) is 34.5 Å². The van der Waals surface area contributed by atoms with Gasteiger partial charge in [-0.25, -0.2) is 0 Å². The maximum atomic E-state index is 12.7. The van der Waals surface area contributed by atoms with Gasteiger partial charge in [0, 0.05) is 30.1 Å². The van der Waals surface area contributed by atoms with E-state index in [-0.39, 0.29) is 5.91 Å². The fraction of sp³-hybridized carbons (Fsp3) is 0.438. The molecule has 2 aromatic rings. The van der Waals surface area contributed by atoms with Crippen molar-refractivity contribution < 1.29 is 9.21 Å². The van der Waals surface area contributed by atoms with Crippen LogP contribution in [0.1, 0.15) is 29.0 Å². The van der Waals surface area contributed by atoms with Gasteiger partial charge in [0.25, 0.3) is 5.91 Å². The number of nitrogens with one attached hydrogen (secondary N) is 1. The third-order valence-electron chi connectivity index (χ3n) is 4.30. The van der Waals surface area contributed by atoms with Crippen LogP contribution >= 0.6 is 11.6 Å². The largest absolute Gasteiger partial charge is 0.449 e. The number of nitrogens with zero attached hydrogens (tertiary/aromatic N) is 1. The molecule has 0 bridgehead atoms. The molecule has 1 saturated heterocycles. The molecular formula is C16H19ClN2O2. The highest BCUT2D eigenvalue weighted by Gasteiger charge is 2.27. The highest BCUT2D eigenvalue weighted by Crippen LogP contribution is 2.31. The van der Waals surface area contributed by atoms with Crippen LogP contribution in [0.3, 0.4) is 0 Å². The molecule has 21 heavy (non-hydrogen) atoms. The van der Waals surface area contributed by atoms with Gasteiger partial charge in [0.15, 0.2) is 11.3 Å². The zero-order valence-corrected chi connectivity index (χ0v) is 13.0. The molecule has 112 valence electrons. The minimum atomic E-state index is -0.0330. The van der Waals surface area contributed by atoms with Crippen molar-refractivity contribution in [2.24, 2.45) is 0 Å². The number of carbonyl (C=O) groups excluding carboxylic acids is 1. The SMILES string of the molecule is CNC1CCN(C(=O)c2oc3c(Cl)cccc3c2C)CC1. The molecule has 1 aromatic heterocycles. The number of aryl methyl sites for hydroxylation is 1. The van der Waals surface area contributed by atoms with Crippen LogP contribution in [-0.2, 0) is 0 Å². The van der Waals surface area contributed by atoms with Crippen LogP contribution in [0.15, 0.2) is 22.6 Å². The lowest BCUT2D eigenvalue weighted by Gasteiger charge is -2.31. The van der Waals surface area contributed by atoms with Crippen molar-refractivity contribution in [2.75, 3.05) is 20.1 Å². The molecular weight excluding hydrogens is 288 g/mol. The molecule has 0 spiro atoms. The Morgan fingerprint density at radius 2 is 2.10 bits per heavy atom. The molecule has 5 heteroatoms. The Morgan fingerprint density at radius 1 is 1.38 bits per heavy atom. The number of halogens is 1. The number of fused-ring (bicyclic) bond motifs is 1. The van der Waals surface area contributed by atoms with Crippen molar-refractivity contribution >= 4 is 28.5 Å². The van der Waals surface area contributed by atoms with Crippen molar-refractivity contribution in [3.63, 3.8) is 0 Å². The van der Waals surface area contributed by atoms with E-state index in [9.17, 15) is 4.79 Å². The Labute approximate surface area is 129 Å². The van der Waals surface area contributed by atoms with E-state index in [1.54, 1.807) is 6.07 Å². The maximum absolute atomic E-state index is 12.7. The fourth-order valence-electron chi connectivity index (χ4n) is 2.93. The van der Waals surface area contributed by atoms with Crippen molar-refractivity contribution in [1.82, 2.24) is 10.2 Å². The molecule has 1 amide bonds. The monoisotopic (exact) mass is 306 g/mol. The average Bonchev–Trinajstić information content (AvgIpc) is 2.85. The molecule has 1 fully saturated rings. The second kappa shape index (κ2) is 5.70. The molecule has 1 aliphatic heterocycles. The van der Waals surface area contributed by atoms with Gasteiger partial charge in [0.2, 0.25) is 0 Å². The summed E-state index contributed by atoms with van der Waals surface area (Å²) in [7, 11) is 1.97. The molecule has 0 unspecified atom stereocenters. The fourth-order valence-corrected chi connectivity index (χ4v) is 3.14. The van der Waals surface area contributed by atoms with Crippen molar-refractivity contribution in [2.45, 2.75) is 25.8 Å². The van der Waals surface area contributed by atoms with Gasteiger partial charge in [-0.2, -0.15) is 0 Å². The molecule has 3 rings (SSSR count). The Bertz CT molecular complexity index is 672. The number of amides is 1. The predicted octanol–water partition coefficient (Wildman–Crippen LogP) is 3.22. The standard InChI is InChI=1S/C16H19ClN2O2/c1-10-12-4-3-5-13(17)15(12)21-14(10)16(20)19-8-6-11(18-2)7-9-19/h3-5,11,18H,6-9H2,1-2H3. The van der Waals surface area contributed by atoms with E-state index in [1.807, 2.05) is 31.0 Å². The number of piperidine rings is 1. The highest BCUT2D eigenvalue weighted by atomic mass is 35.5. The number of furan rings is 1. The number of likely N-dealkylation sites (tertiary alicyclic amines) is 1. The molecule has 0 atom stereocenters. The number of para-hydroxylation sites is 1. The molecule has 1 N–H and O–H groups in total. The van der Waals surface area contributed by atoms with E-state index in [0.29, 0.717) is 22.4 Å². The number of hydrogen-bond donors (Lipinski definition) is 1. The molecule has 1 aliphatic rings.